The van der Waals surface area contributed by atoms with Crippen molar-refractivity contribution in [3.05, 3.63) is 51.6 Å². The second-order valence-corrected chi connectivity index (χ2v) is 5.26. The van der Waals surface area contributed by atoms with Crippen molar-refractivity contribution in [3.63, 3.8) is 0 Å². The molecule has 0 spiro atoms. The Morgan fingerprint density at radius 3 is 2.72 bits per heavy atom. The third-order valence-corrected chi connectivity index (χ3v) is 3.30. The molecule has 0 fully saturated rings. The van der Waals surface area contributed by atoms with Crippen LogP contribution in [0.3, 0.4) is 0 Å². The van der Waals surface area contributed by atoms with Crippen molar-refractivity contribution in [1.82, 2.24) is 9.55 Å². The molecule has 5 heteroatoms. The summed E-state index contributed by atoms with van der Waals surface area (Å²) in [5.74, 6) is 0.0342. The van der Waals surface area contributed by atoms with Crippen LogP contribution in [0.4, 0.5) is 0 Å². The molecule has 0 atom stereocenters. The van der Waals surface area contributed by atoms with E-state index in [2.05, 4.69) is 27.6 Å². The number of Topliss-reactive ketones (excluding diaryl/α,β-unsaturated/α-hetero) is 1. The molecule has 1 aromatic heterocycles. The third-order valence-electron chi connectivity index (χ3n) is 2.58. The van der Waals surface area contributed by atoms with Gasteiger partial charge in [0.25, 0.3) is 0 Å². The van der Waals surface area contributed by atoms with E-state index in [1.807, 2.05) is 28.8 Å². The van der Waals surface area contributed by atoms with E-state index in [1.165, 1.54) is 0 Å². The van der Waals surface area contributed by atoms with Crippen LogP contribution in [0, 0.1) is 3.57 Å². The number of hydrogen-bond donors (Lipinski definition) is 1. The van der Waals surface area contributed by atoms with E-state index in [0.29, 0.717) is 25.2 Å². The highest BCUT2D eigenvalue weighted by Crippen LogP contribution is 2.09. The molecule has 1 heterocycles. The summed E-state index contributed by atoms with van der Waals surface area (Å²) >= 11 is 2.24. The number of benzene rings is 1. The summed E-state index contributed by atoms with van der Waals surface area (Å²) in [7, 11) is 0. The number of halogens is 1. The SMILES string of the molecule is NCCn1cnc(C(=O)Cc2ccc(I)cc2)c1. The fourth-order valence-electron chi connectivity index (χ4n) is 1.65. The summed E-state index contributed by atoms with van der Waals surface area (Å²) in [6, 6.07) is 7.93. The van der Waals surface area contributed by atoms with Gasteiger partial charge in [0.05, 0.1) is 6.33 Å². The standard InChI is InChI=1S/C13H14IN3O/c14-11-3-1-10(2-4-11)7-13(18)12-8-17(6-5-15)9-16-12/h1-4,8-9H,5-7,15H2. The van der Waals surface area contributed by atoms with Gasteiger partial charge in [-0.25, -0.2) is 4.98 Å². The minimum absolute atomic E-state index is 0.0342. The number of nitrogens with two attached hydrogens (primary N) is 1. The molecular formula is C13H14IN3O. The lowest BCUT2D eigenvalue weighted by atomic mass is 10.1. The topological polar surface area (TPSA) is 60.9 Å². The number of carbonyl (C=O) groups is 1. The smallest absolute Gasteiger partial charge is 0.187 e. The summed E-state index contributed by atoms with van der Waals surface area (Å²) in [6.07, 6.45) is 3.78. The minimum atomic E-state index is 0.0342. The molecule has 2 N–H and O–H groups in total. The van der Waals surface area contributed by atoms with Crippen LogP contribution in [0.15, 0.2) is 36.8 Å². The van der Waals surface area contributed by atoms with Gasteiger partial charge in [0.1, 0.15) is 5.69 Å². The Morgan fingerprint density at radius 2 is 2.06 bits per heavy atom. The normalized spacial score (nSPS) is 10.6. The van der Waals surface area contributed by atoms with Gasteiger partial charge in [0, 0.05) is 29.3 Å². The molecule has 0 unspecified atom stereocenters. The first-order chi connectivity index (χ1) is 8.69. The van der Waals surface area contributed by atoms with E-state index in [-0.39, 0.29) is 5.78 Å². The summed E-state index contributed by atoms with van der Waals surface area (Å²) in [5.41, 5.74) is 6.96. The molecule has 0 aliphatic heterocycles. The fourth-order valence-corrected chi connectivity index (χ4v) is 2.01. The van der Waals surface area contributed by atoms with Crippen molar-refractivity contribution in [3.8, 4) is 0 Å². The van der Waals surface area contributed by atoms with Crippen molar-refractivity contribution in [2.75, 3.05) is 6.54 Å². The van der Waals surface area contributed by atoms with E-state index >= 15 is 0 Å². The van der Waals surface area contributed by atoms with E-state index in [0.717, 1.165) is 9.13 Å². The number of imidazole rings is 1. The van der Waals surface area contributed by atoms with Crippen LogP contribution in [-0.2, 0) is 13.0 Å². The molecule has 2 aromatic rings. The zero-order chi connectivity index (χ0) is 13.0. The quantitative estimate of drug-likeness (QED) is 0.658. The Bertz CT molecular complexity index is 533. The zero-order valence-electron chi connectivity index (χ0n) is 9.84. The molecule has 2 rings (SSSR count). The first-order valence-corrected chi connectivity index (χ1v) is 6.76. The number of aromatic nitrogens is 2. The lowest BCUT2D eigenvalue weighted by molar-refractivity contribution is 0.0988. The van der Waals surface area contributed by atoms with Crippen LogP contribution >= 0.6 is 22.6 Å². The van der Waals surface area contributed by atoms with Gasteiger partial charge in [0.2, 0.25) is 0 Å². The van der Waals surface area contributed by atoms with E-state index in [1.54, 1.807) is 12.5 Å². The van der Waals surface area contributed by atoms with Gasteiger partial charge in [-0.1, -0.05) is 12.1 Å². The average Bonchev–Trinajstić information content (AvgIpc) is 2.81. The summed E-state index contributed by atoms with van der Waals surface area (Å²) < 4.78 is 3.00. The highest BCUT2D eigenvalue weighted by Gasteiger charge is 2.10. The van der Waals surface area contributed by atoms with Crippen molar-refractivity contribution in [2.24, 2.45) is 5.73 Å². The maximum Gasteiger partial charge on any atom is 0.187 e. The van der Waals surface area contributed by atoms with Crippen molar-refractivity contribution in [2.45, 2.75) is 13.0 Å². The van der Waals surface area contributed by atoms with E-state index in [4.69, 9.17) is 5.73 Å². The number of nitrogens with zero attached hydrogens (tertiary/aromatic N) is 2. The highest BCUT2D eigenvalue weighted by atomic mass is 127. The van der Waals surface area contributed by atoms with E-state index < -0.39 is 0 Å². The predicted molar refractivity (Wildman–Crippen MR) is 78.5 cm³/mol. The molecule has 18 heavy (non-hydrogen) atoms. The first kappa shape index (κ1) is 13.2. The van der Waals surface area contributed by atoms with Gasteiger partial charge in [0.15, 0.2) is 5.78 Å². The molecular weight excluding hydrogens is 341 g/mol. The molecule has 0 aliphatic carbocycles. The number of ketones is 1. The largest absolute Gasteiger partial charge is 0.335 e. The third kappa shape index (κ3) is 3.39. The van der Waals surface area contributed by atoms with Gasteiger partial charge in [-0.2, -0.15) is 0 Å². The van der Waals surface area contributed by atoms with Gasteiger partial charge < -0.3 is 10.3 Å². The molecule has 1 aromatic carbocycles. The second kappa shape index (κ2) is 6.10. The average molecular weight is 355 g/mol. The Morgan fingerprint density at radius 1 is 1.33 bits per heavy atom. The monoisotopic (exact) mass is 355 g/mol. The highest BCUT2D eigenvalue weighted by molar-refractivity contribution is 14.1. The van der Waals surface area contributed by atoms with Gasteiger partial charge in [-0.3, -0.25) is 4.79 Å². The number of carbonyl (C=O) groups excluding carboxylic acids is 1. The Labute approximate surface area is 119 Å². The fraction of sp³-hybridized carbons (Fsp3) is 0.231. The maximum atomic E-state index is 12.0. The summed E-state index contributed by atoms with van der Waals surface area (Å²) in [4.78, 5) is 16.1. The van der Waals surface area contributed by atoms with Crippen LogP contribution in [0.25, 0.3) is 0 Å². The van der Waals surface area contributed by atoms with Crippen molar-refractivity contribution < 1.29 is 4.79 Å². The lowest BCUT2D eigenvalue weighted by Gasteiger charge is -1.99. The lowest BCUT2D eigenvalue weighted by Crippen LogP contribution is -2.08. The van der Waals surface area contributed by atoms with Gasteiger partial charge in [-0.05, 0) is 40.3 Å². The molecule has 0 saturated heterocycles. The van der Waals surface area contributed by atoms with Gasteiger partial charge in [-0.15, -0.1) is 0 Å². The Kier molecular flexibility index (Phi) is 4.48. The van der Waals surface area contributed by atoms with Crippen molar-refractivity contribution in [1.29, 1.82) is 0 Å². The summed E-state index contributed by atoms with van der Waals surface area (Å²) in [5, 5.41) is 0. The molecule has 0 bridgehead atoms. The van der Waals surface area contributed by atoms with Crippen LogP contribution in [0.1, 0.15) is 16.1 Å². The Balaban J connectivity index is 2.04. The molecule has 4 nitrogen and oxygen atoms in total. The molecule has 0 radical (unpaired) electrons. The van der Waals surface area contributed by atoms with Crippen LogP contribution in [0.5, 0.6) is 0 Å². The second-order valence-electron chi connectivity index (χ2n) is 4.01. The van der Waals surface area contributed by atoms with Crippen molar-refractivity contribution >= 4 is 28.4 Å². The molecule has 0 amide bonds. The number of hydrogen-bond acceptors (Lipinski definition) is 3. The molecule has 0 saturated carbocycles. The number of rotatable bonds is 5. The first-order valence-electron chi connectivity index (χ1n) is 5.68. The maximum absolute atomic E-state index is 12.0. The van der Waals surface area contributed by atoms with Crippen LogP contribution < -0.4 is 5.73 Å². The van der Waals surface area contributed by atoms with Gasteiger partial charge >= 0.3 is 0 Å². The van der Waals surface area contributed by atoms with Crippen LogP contribution in [-0.4, -0.2) is 21.9 Å². The minimum Gasteiger partial charge on any atom is -0.335 e. The summed E-state index contributed by atoms with van der Waals surface area (Å²) in [6.45, 7) is 1.23. The Hall–Kier alpha value is -1.21. The molecule has 94 valence electrons. The molecule has 0 aliphatic rings. The van der Waals surface area contributed by atoms with E-state index in [9.17, 15) is 4.79 Å². The zero-order valence-corrected chi connectivity index (χ0v) is 12.0. The predicted octanol–water partition coefficient (Wildman–Crippen LogP) is 1.87. The van der Waals surface area contributed by atoms with Crippen LogP contribution in [0.2, 0.25) is 0 Å².